The van der Waals surface area contributed by atoms with Crippen LogP contribution in [0.1, 0.15) is 22.6 Å². The first-order valence-electron chi connectivity index (χ1n) is 7.54. The minimum atomic E-state index is -2.77. The molecule has 134 valence electrons. The Labute approximate surface area is 152 Å². The summed E-state index contributed by atoms with van der Waals surface area (Å²) >= 11 is 5.70. The number of nitrogens with zero attached hydrogens (tertiary/aromatic N) is 2. The summed E-state index contributed by atoms with van der Waals surface area (Å²) in [6, 6.07) is 12.1. The predicted octanol–water partition coefficient (Wildman–Crippen LogP) is 5.07. The standard InChI is InChI=1S/C18H13ClF3N3O/c1-25-16(9-15(24-25)17(21)22)18(26)23-14-5-3-2-4-11(14)10-6-7-12(19)13(20)8-10/h2-9,17H,1H3,(H,23,26). The largest absolute Gasteiger partial charge is 0.320 e. The first-order chi connectivity index (χ1) is 12.4. The highest BCUT2D eigenvalue weighted by Gasteiger charge is 2.19. The summed E-state index contributed by atoms with van der Waals surface area (Å²) in [5.41, 5.74) is 0.982. The van der Waals surface area contributed by atoms with Crippen LogP contribution in [0.25, 0.3) is 11.1 Å². The lowest BCUT2D eigenvalue weighted by atomic mass is 10.0. The van der Waals surface area contributed by atoms with Crippen LogP contribution in [0.2, 0.25) is 5.02 Å². The lowest BCUT2D eigenvalue weighted by Crippen LogP contribution is -2.16. The third-order valence-corrected chi connectivity index (χ3v) is 4.07. The van der Waals surface area contributed by atoms with Crippen LogP contribution < -0.4 is 5.32 Å². The molecule has 4 nitrogen and oxygen atoms in total. The van der Waals surface area contributed by atoms with Gasteiger partial charge in [0.25, 0.3) is 12.3 Å². The normalized spacial score (nSPS) is 11.0. The monoisotopic (exact) mass is 379 g/mol. The number of halogens is 4. The topological polar surface area (TPSA) is 46.9 Å². The fourth-order valence-corrected chi connectivity index (χ4v) is 2.62. The van der Waals surface area contributed by atoms with Gasteiger partial charge in [-0.1, -0.05) is 35.9 Å². The lowest BCUT2D eigenvalue weighted by molar-refractivity contribution is 0.101. The first kappa shape index (κ1) is 18.0. The highest BCUT2D eigenvalue weighted by Crippen LogP contribution is 2.30. The minimum Gasteiger partial charge on any atom is -0.320 e. The quantitative estimate of drug-likeness (QED) is 0.688. The molecule has 0 fully saturated rings. The lowest BCUT2D eigenvalue weighted by Gasteiger charge is -2.12. The number of hydrogen-bond acceptors (Lipinski definition) is 2. The van der Waals surface area contributed by atoms with E-state index in [1.165, 1.54) is 19.2 Å². The molecule has 3 aromatic rings. The molecule has 0 aliphatic rings. The molecule has 0 unspecified atom stereocenters. The second-order valence-corrected chi connectivity index (χ2v) is 5.91. The van der Waals surface area contributed by atoms with Gasteiger partial charge in [-0.3, -0.25) is 9.48 Å². The molecule has 0 atom stereocenters. The Bertz CT molecular complexity index is 972. The number of benzene rings is 2. The molecule has 1 N–H and O–H groups in total. The van der Waals surface area contributed by atoms with E-state index in [1.807, 2.05) is 0 Å². The van der Waals surface area contributed by atoms with Crippen LogP contribution in [0.15, 0.2) is 48.5 Å². The Morgan fingerprint density at radius 1 is 1.19 bits per heavy atom. The third kappa shape index (κ3) is 3.57. The van der Waals surface area contributed by atoms with Crippen molar-refractivity contribution < 1.29 is 18.0 Å². The Morgan fingerprint density at radius 3 is 2.58 bits per heavy atom. The number of carbonyl (C=O) groups excluding carboxylic acids is 1. The van der Waals surface area contributed by atoms with Crippen LogP contribution in [0.4, 0.5) is 18.9 Å². The van der Waals surface area contributed by atoms with Crippen LogP contribution in [0, 0.1) is 5.82 Å². The Hall–Kier alpha value is -2.80. The first-order valence-corrected chi connectivity index (χ1v) is 7.92. The molecular formula is C18H13ClF3N3O. The summed E-state index contributed by atoms with van der Waals surface area (Å²) in [5, 5.41) is 6.26. The SMILES string of the molecule is Cn1nc(C(F)F)cc1C(=O)Nc1ccccc1-c1ccc(Cl)c(F)c1. The number of carbonyl (C=O) groups is 1. The van der Waals surface area contributed by atoms with Crippen molar-refractivity contribution in [3.63, 3.8) is 0 Å². The van der Waals surface area contributed by atoms with Crippen LogP contribution in [-0.4, -0.2) is 15.7 Å². The maximum atomic E-state index is 13.8. The van der Waals surface area contributed by atoms with Gasteiger partial charge < -0.3 is 5.32 Å². The molecule has 8 heteroatoms. The zero-order valence-electron chi connectivity index (χ0n) is 13.5. The van der Waals surface area contributed by atoms with E-state index in [9.17, 15) is 18.0 Å². The highest BCUT2D eigenvalue weighted by molar-refractivity contribution is 6.30. The maximum Gasteiger partial charge on any atom is 0.282 e. The second kappa shape index (κ2) is 7.21. The van der Waals surface area contributed by atoms with Crippen molar-refractivity contribution in [1.29, 1.82) is 0 Å². The third-order valence-electron chi connectivity index (χ3n) is 3.76. The summed E-state index contributed by atoms with van der Waals surface area (Å²) in [7, 11) is 1.40. The van der Waals surface area contributed by atoms with Crippen LogP contribution in [-0.2, 0) is 7.05 Å². The van der Waals surface area contributed by atoms with Gasteiger partial charge in [0.2, 0.25) is 0 Å². The summed E-state index contributed by atoms with van der Waals surface area (Å²) in [4.78, 5) is 12.5. The summed E-state index contributed by atoms with van der Waals surface area (Å²) in [6.45, 7) is 0. The van der Waals surface area contributed by atoms with Gasteiger partial charge in [0.1, 0.15) is 17.2 Å². The van der Waals surface area contributed by atoms with Gasteiger partial charge >= 0.3 is 0 Å². The second-order valence-electron chi connectivity index (χ2n) is 5.51. The van der Waals surface area contributed by atoms with Crippen LogP contribution in [0.3, 0.4) is 0 Å². The van der Waals surface area contributed by atoms with Crippen molar-refractivity contribution in [2.45, 2.75) is 6.43 Å². The molecule has 0 saturated heterocycles. The number of nitrogens with one attached hydrogen (secondary N) is 1. The summed E-state index contributed by atoms with van der Waals surface area (Å²) in [6.07, 6.45) is -2.77. The number of alkyl halides is 2. The number of anilines is 1. The van der Waals surface area contributed by atoms with Gasteiger partial charge in [-0.2, -0.15) is 5.10 Å². The fourth-order valence-electron chi connectivity index (χ4n) is 2.50. The molecule has 0 radical (unpaired) electrons. The molecular weight excluding hydrogens is 367 g/mol. The van der Waals surface area contributed by atoms with E-state index in [4.69, 9.17) is 11.6 Å². The van der Waals surface area contributed by atoms with Crippen LogP contribution >= 0.6 is 11.6 Å². The van der Waals surface area contributed by atoms with Crippen molar-refractivity contribution in [2.24, 2.45) is 7.05 Å². The van der Waals surface area contributed by atoms with Crippen molar-refractivity contribution in [3.05, 3.63) is 70.8 Å². The Morgan fingerprint density at radius 2 is 1.92 bits per heavy atom. The van der Waals surface area contributed by atoms with E-state index >= 15 is 0 Å². The molecule has 1 amide bonds. The van der Waals surface area contributed by atoms with Crippen molar-refractivity contribution in [2.75, 3.05) is 5.32 Å². The predicted molar refractivity (Wildman–Crippen MR) is 93.0 cm³/mol. The molecule has 0 bridgehead atoms. The maximum absolute atomic E-state index is 13.8. The number of hydrogen-bond donors (Lipinski definition) is 1. The van der Waals surface area contributed by atoms with E-state index in [0.29, 0.717) is 16.8 Å². The molecule has 2 aromatic carbocycles. The van der Waals surface area contributed by atoms with E-state index in [2.05, 4.69) is 10.4 Å². The molecule has 0 saturated carbocycles. The molecule has 1 heterocycles. The number of rotatable bonds is 4. The van der Waals surface area contributed by atoms with Gasteiger partial charge in [0.15, 0.2) is 0 Å². The van der Waals surface area contributed by atoms with E-state index in [0.717, 1.165) is 10.7 Å². The zero-order valence-corrected chi connectivity index (χ0v) is 14.3. The van der Waals surface area contributed by atoms with E-state index < -0.39 is 23.8 Å². The summed E-state index contributed by atoms with van der Waals surface area (Å²) < 4.78 is 40.3. The summed E-state index contributed by atoms with van der Waals surface area (Å²) in [5.74, 6) is -1.19. The average Bonchev–Trinajstić information content (AvgIpc) is 3.00. The smallest absolute Gasteiger partial charge is 0.282 e. The Kier molecular flexibility index (Phi) is 4.99. The van der Waals surface area contributed by atoms with Crippen molar-refractivity contribution in [3.8, 4) is 11.1 Å². The van der Waals surface area contributed by atoms with Gasteiger partial charge in [-0.05, 0) is 29.8 Å². The Balaban J connectivity index is 1.93. The van der Waals surface area contributed by atoms with E-state index in [1.54, 1.807) is 30.3 Å². The molecule has 0 aliphatic heterocycles. The number of aromatic nitrogens is 2. The number of aryl methyl sites for hydroxylation is 1. The average molecular weight is 380 g/mol. The van der Waals surface area contributed by atoms with Crippen LogP contribution in [0.5, 0.6) is 0 Å². The highest BCUT2D eigenvalue weighted by atomic mass is 35.5. The molecule has 1 aromatic heterocycles. The molecule has 0 aliphatic carbocycles. The zero-order chi connectivity index (χ0) is 18.8. The van der Waals surface area contributed by atoms with E-state index in [-0.39, 0.29) is 10.7 Å². The fraction of sp³-hybridized carbons (Fsp3) is 0.111. The van der Waals surface area contributed by atoms with Gasteiger partial charge in [-0.15, -0.1) is 0 Å². The van der Waals surface area contributed by atoms with Gasteiger partial charge in [0, 0.05) is 18.3 Å². The molecule has 3 rings (SSSR count). The molecule has 26 heavy (non-hydrogen) atoms. The van der Waals surface area contributed by atoms with Crippen molar-refractivity contribution >= 4 is 23.2 Å². The molecule has 0 spiro atoms. The minimum absolute atomic E-state index is 0.00956. The number of para-hydroxylation sites is 1. The van der Waals surface area contributed by atoms with Gasteiger partial charge in [0.05, 0.1) is 5.02 Å². The van der Waals surface area contributed by atoms with Gasteiger partial charge in [-0.25, -0.2) is 13.2 Å². The van der Waals surface area contributed by atoms with Crippen molar-refractivity contribution in [1.82, 2.24) is 9.78 Å². The number of amides is 1.